The number of anilines is 1. The number of sulfonamides is 1. The third-order valence-electron chi connectivity index (χ3n) is 5.87. The number of ether oxygens (including phenoxy) is 2. The third kappa shape index (κ3) is 6.23. The average molecular weight is 554 g/mol. The van der Waals surface area contributed by atoms with Crippen LogP contribution in [0.25, 0.3) is 22.3 Å². The zero-order valence-corrected chi connectivity index (χ0v) is 22.3. The van der Waals surface area contributed by atoms with Crippen molar-refractivity contribution in [3.8, 4) is 28.6 Å². The predicted octanol–water partition coefficient (Wildman–Crippen LogP) is 6.65. The van der Waals surface area contributed by atoms with Crippen molar-refractivity contribution in [2.45, 2.75) is 19.8 Å². The molecule has 0 aliphatic rings. The molecule has 0 saturated carbocycles. The van der Waals surface area contributed by atoms with Gasteiger partial charge in [0.1, 0.15) is 40.0 Å². The van der Waals surface area contributed by atoms with E-state index in [9.17, 15) is 22.7 Å². The molecule has 1 N–H and O–H groups in total. The van der Waals surface area contributed by atoms with Gasteiger partial charge in [0.2, 0.25) is 10.0 Å². The van der Waals surface area contributed by atoms with Gasteiger partial charge in [-0.2, -0.15) is 0 Å². The van der Waals surface area contributed by atoms with E-state index in [1.54, 1.807) is 37.3 Å². The second-order valence-electron chi connectivity index (χ2n) is 8.71. The van der Waals surface area contributed by atoms with E-state index in [2.05, 4.69) is 6.58 Å². The standard InChI is InChI=1S/C29H28FNO7S/c1-4-6-7-16-31(39(3,34)35)24-18-26-23(17-25(24)32)27(29(33)36-5-2)28(38-26)19-8-12-21(13-9-19)37-22-14-10-20(30)11-15-22/h4,8-15,17-18,32H,1,5-7,16H2,2-3H3. The lowest BCUT2D eigenvalue weighted by Crippen LogP contribution is -2.30. The molecule has 0 spiro atoms. The Labute approximate surface area is 225 Å². The van der Waals surface area contributed by atoms with Gasteiger partial charge in [-0.1, -0.05) is 6.08 Å². The number of carbonyl (C=O) groups excluding carboxylic acids is 1. The van der Waals surface area contributed by atoms with Crippen LogP contribution in [-0.2, 0) is 14.8 Å². The van der Waals surface area contributed by atoms with Crippen LogP contribution >= 0.6 is 0 Å². The Bertz CT molecular complexity index is 1590. The summed E-state index contributed by atoms with van der Waals surface area (Å²) in [6, 6.07) is 15.0. The number of aromatic hydroxyl groups is 1. The molecule has 0 amide bonds. The summed E-state index contributed by atoms with van der Waals surface area (Å²) in [4.78, 5) is 13.0. The van der Waals surface area contributed by atoms with Gasteiger partial charge in [0.05, 0.1) is 18.6 Å². The molecule has 1 aromatic heterocycles. The number of esters is 1. The topological polar surface area (TPSA) is 106 Å². The van der Waals surface area contributed by atoms with Crippen molar-refractivity contribution in [2.75, 3.05) is 23.7 Å². The number of phenolic OH excluding ortho intramolecular Hbond substituents is 1. The van der Waals surface area contributed by atoms with Gasteiger partial charge < -0.3 is 19.0 Å². The van der Waals surface area contributed by atoms with Crippen molar-refractivity contribution < 1.29 is 36.6 Å². The highest BCUT2D eigenvalue weighted by Crippen LogP contribution is 2.41. The number of carbonyl (C=O) groups is 1. The summed E-state index contributed by atoms with van der Waals surface area (Å²) < 4.78 is 56.4. The quantitative estimate of drug-likeness (QED) is 0.126. The number of unbranched alkanes of at least 4 members (excludes halogenated alkanes) is 1. The molecule has 0 unspecified atom stereocenters. The van der Waals surface area contributed by atoms with Gasteiger partial charge in [-0.25, -0.2) is 17.6 Å². The summed E-state index contributed by atoms with van der Waals surface area (Å²) >= 11 is 0. The van der Waals surface area contributed by atoms with E-state index < -0.39 is 16.0 Å². The first-order valence-corrected chi connectivity index (χ1v) is 14.1. The lowest BCUT2D eigenvalue weighted by Gasteiger charge is -2.23. The average Bonchev–Trinajstić information content (AvgIpc) is 3.26. The smallest absolute Gasteiger partial charge is 0.342 e. The highest BCUT2D eigenvalue weighted by atomic mass is 32.2. The largest absolute Gasteiger partial charge is 0.506 e. The summed E-state index contributed by atoms with van der Waals surface area (Å²) in [5.74, 6) is -0.247. The third-order valence-corrected chi connectivity index (χ3v) is 7.05. The molecule has 204 valence electrons. The van der Waals surface area contributed by atoms with E-state index in [0.717, 1.165) is 10.6 Å². The molecular weight excluding hydrogens is 525 g/mol. The van der Waals surface area contributed by atoms with Crippen molar-refractivity contribution in [1.29, 1.82) is 0 Å². The lowest BCUT2D eigenvalue weighted by molar-refractivity contribution is 0.0528. The Kier molecular flexibility index (Phi) is 8.25. The Balaban J connectivity index is 1.77. The second-order valence-corrected chi connectivity index (χ2v) is 10.6. The van der Waals surface area contributed by atoms with E-state index >= 15 is 0 Å². The molecule has 0 aliphatic carbocycles. The fourth-order valence-corrected chi connectivity index (χ4v) is 5.05. The number of hydrogen-bond donors (Lipinski definition) is 1. The fourth-order valence-electron chi connectivity index (χ4n) is 4.09. The number of benzene rings is 3. The zero-order valence-electron chi connectivity index (χ0n) is 21.5. The molecule has 10 heteroatoms. The van der Waals surface area contributed by atoms with Crippen molar-refractivity contribution in [2.24, 2.45) is 0 Å². The molecule has 4 rings (SSSR count). The van der Waals surface area contributed by atoms with Gasteiger partial charge in [-0.05, 0) is 74.4 Å². The van der Waals surface area contributed by atoms with E-state index in [0.29, 0.717) is 29.9 Å². The molecule has 8 nitrogen and oxygen atoms in total. The zero-order chi connectivity index (χ0) is 28.2. The maximum atomic E-state index is 13.2. The maximum Gasteiger partial charge on any atom is 0.342 e. The van der Waals surface area contributed by atoms with Crippen LogP contribution in [0.4, 0.5) is 10.1 Å². The number of allylic oxidation sites excluding steroid dienone is 1. The van der Waals surface area contributed by atoms with Crippen LogP contribution in [0.3, 0.4) is 0 Å². The van der Waals surface area contributed by atoms with Gasteiger partial charge in [0.15, 0.2) is 0 Å². The Morgan fingerprint density at radius 2 is 1.74 bits per heavy atom. The summed E-state index contributed by atoms with van der Waals surface area (Å²) in [6.07, 6.45) is 3.83. The van der Waals surface area contributed by atoms with E-state index in [1.165, 1.54) is 36.4 Å². The highest BCUT2D eigenvalue weighted by Gasteiger charge is 2.27. The molecule has 3 aromatic carbocycles. The number of nitrogens with zero attached hydrogens (tertiary/aromatic N) is 1. The minimum absolute atomic E-state index is 0.0350. The molecule has 0 radical (unpaired) electrons. The summed E-state index contributed by atoms with van der Waals surface area (Å²) in [5, 5.41) is 11.1. The minimum Gasteiger partial charge on any atom is -0.506 e. The van der Waals surface area contributed by atoms with E-state index in [-0.39, 0.29) is 52.7 Å². The summed E-state index contributed by atoms with van der Waals surface area (Å²) in [7, 11) is -3.73. The molecule has 0 fully saturated rings. The number of rotatable bonds is 11. The number of furan rings is 1. The van der Waals surface area contributed by atoms with Gasteiger partial charge in [0, 0.05) is 23.6 Å². The fraction of sp³-hybridized carbons (Fsp3) is 0.207. The van der Waals surface area contributed by atoms with Crippen LogP contribution < -0.4 is 9.04 Å². The normalized spacial score (nSPS) is 11.4. The summed E-state index contributed by atoms with van der Waals surface area (Å²) in [6.45, 7) is 5.56. The van der Waals surface area contributed by atoms with Crippen LogP contribution in [0.5, 0.6) is 17.2 Å². The van der Waals surface area contributed by atoms with Gasteiger partial charge >= 0.3 is 5.97 Å². The maximum absolute atomic E-state index is 13.2. The Morgan fingerprint density at radius 3 is 2.33 bits per heavy atom. The Hall–Kier alpha value is -4.31. The molecule has 4 aromatic rings. The molecule has 39 heavy (non-hydrogen) atoms. The number of phenols is 1. The van der Waals surface area contributed by atoms with Crippen molar-refractivity contribution in [3.05, 3.63) is 84.7 Å². The lowest BCUT2D eigenvalue weighted by atomic mass is 10.0. The highest BCUT2D eigenvalue weighted by molar-refractivity contribution is 7.92. The summed E-state index contributed by atoms with van der Waals surface area (Å²) in [5.41, 5.74) is 0.851. The first-order chi connectivity index (χ1) is 18.6. The molecule has 1 heterocycles. The Morgan fingerprint density at radius 1 is 1.10 bits per heavy atom. The number of fused-ring (bicyclic) bond motifs is 1. The van der Waals surface area contributed by atoms with Crippen molar-refractivity contribution >= 4 is 32.6 Å². The number of halogens is 1. The van der Waals surface area contributed by atoms with Crippen LogP contribution in [0, 0.1) is 5.82 Å². The second kappa shape index (κ2) is 11.6. The number of hydrogen-bond acceptors (Lipinski definition) is 7. The van der Waals surface area contributed by atoms with Crippen LogP contribution in [0.15, 0.2) is 77.7 Å². The van der Waals surface area contributed by atoms with Gasteiger partial charge in [0.25, 0.3) is 0 Å². The first kappa shape index (κ1) is 27.7. The first-order valence-electron chi connectivity index (χ1n) is 12.2. The van der Waals surface area contributed by atoms with Crippen molar-refractivity contribution in [3.63, 3.8) is 0 Å². The van der Waals surface area contributed by atoms with E-state index in [4.69, 9.17) is 13.9 Å². The van der Waals surface area contributed by atoms with E-state index in [1.807, 2.05) is 0 Å². The molecule has 0 aliphatic heterocycles. The predicted molar refractivity (Wildman–Crippen MR) is 147 cm³/mol. The minimum atomic E-state index is -3.73. The molecule has 0 bridgehead atoms. The molecular formula is C29H28FNO7S. The van der Waals surface area contributed by atoms with Crippen LogP contribution in [-0.4, -0.2) is 38.9 Å². The van der Waals surface area contributed by atoms with Crippen molar-refractivity contribution in [1.82, 2.24) is 0 Å². The van der Waals surface area contributed by atoms with Crippen LogP contribution in [0.1, 0.15) is 30.1 Å². The molecule has 0 saturated heterocycles. The molecule has 0 atom stereocenters. The van der Waals surface area contributed by atoms with Crippen LogP contribution in [0.2, 0.25) is 0 Å². The SMILES string of the molecule is C=CCCCN(c1cc2oc(-c3ccc(Oc4ccc(F)cc4)cc3)c(C(=O)OCC)c2cc1O)S(C)(=O)=O. The van der Waals surface area contributed by atoms with Gasteiger partial charge in [-0.15, -0.1) is 6.58 Å². The monoisotopic (exact) mass is 553 g/mol. The van der Waals surface area contributed by atoms with Gasteiger partial charge in [-0.3, -0.25) is 4.31 Å².